The molecule has 1 aromatic rings. The molecular weight excluding hydrogens is 243 g/mol. The van der Waals surface area contributed by atoms with Crippen LogP contribution < -0.4 is 5.32 Å². The molecule has 1 amide bonds. The van der Waals surface area contributed by atoms with E-state index in [2.05, 4.69) is 5.32 Å². The lowest BCUT2D eigenvalue weighted by Crippen LogP contribution is -2.30. The van der Waals surface area contributed by atoms with Crippen LogP contribution in [0, 0.1) is 5.41 Å². The largest absolute Gasteiger partial charge is 0.416 e. The van der Waals surface area contributed by atoms with Gasteiger partial charge >= 0.3 is 6.18 Å². The maximum atomic E-state index is 12.5. The molecular formula is C13H16F3NO. The first-order valence-electron chi connectivity index (χ1n) is 5.65. The Morgan fingerprint density at radius 3 is 2.39 bits per heavy atom. The monoisotopic (exact) mass is 259 g/mol. The van der Waals surface area contributed by atoms with Gasteiger partial charge < -0.3 is 5.32 Å². The normalized spacial score (nSPS) is 12.3. The third kappa shape index (κ3) is 3.48. The van der Waals surface area contributed by atoms with Crippen molar-refractivity contribution in [3.63, 3.8) is 0 Å². The van der Waals surface area contributed by atoms with Crippen molar-refractivity contribution in [2.75, 3.05) is 5.32 Å². The molecule has 100 valence electrons. The molecule has 0 aliphatic heterocycles. The second kappa shape index (κ2) is 5.00. The molecule has 0 bridgehead atoms. The quantitative estimate of drug-likeness (QED) is 0.870. The summed E-state index contributed by atoms with van der Waals surface area (Å²) in [5.41, 5.74) is -1.21. The van der Waals surface area contributed by atoms with Crippen LogP contribution >= 0.6 is 0 Å². The molecule has 0 radical (unpaired) electrons. The molecule has 0 heterocycles. The minimum atomic E-state index is -4.40. The average molecular weight is 259 g/mol. The van der Waals surface area contributed by atoms with Crippen LogP contribution in [0.15, 0.2) is 24.3 Å². The van der Waals surface area contributed by atoms with E-state index >= 15 is 0 Å². The van der Waals surface area contributed by atoms with E-state index in [9.17, 15) is 18.0 Å². The molecule has 0 saturated heterocycles. The number of alkyl halides is 3. The average Bonchev–Trinajstić information content (AvgIpc) is 2.28. The summed E-state index contributed by atoms with van der Waals surface area (Å²) < 4.78 is 37.5. The van der Waals surface area contributed by atoms with E-state index in [-0.39, 0.29) is 11.6 Å². The standard InChI is InChI=1S/C13H16F3NO/c1-4-12(2,3)11(18)17-10-7-5-6-9(8-10)13(14,15)16/h5-8H,4H2,1-3H3,(H,17,18). The minimum Gasteiger partial charge on any atom is -0.326 e. The highest BCUT2D eigenvalue weighted by atomic mass is 19.4. The first-order valence-corrected chi connectivity index (χ1v) is 5.65. The lowest BCUT2D eigenvalue weighted by molar-refractivity contribution is -0.137. The molecule has 1 rings (SSSR count). The van der Waals surface area contributed by atoms with E-state index < -0.39 is 17.2 Å². The predicted molar refractivity (Wildman–Crippen MR) is 64.1 cm³/mol. The van der Waals surface area contributed by atoms with Crippen LogP contribution in [0.25, 0.3) is 0 Å². The second-order valence-electron chi connectivity index (χ2n) is 4.77. The van der Waals surface area contributed by atoms with E-state index in [0.717, 1.165) is 12.1 Å². The molecule has 1 aromatic carbocycles. The van der Waals surface area contributed by atoms with Gasteiger partial charge in [0, 0.05) is 11.1 Å². The van der Waals surface area contributed by atoms with E-state index in [1.807, 2.05) is 6.92 Å². The van der Waals surface area contributed by atoms with Gasteiger partial charge in [-0.2, -0.15) is 13.2 Å². The Kier molecular flexibility index (Phi) is 4.04. The van der Waals surface area contributed by atoms with Crippen molar-refractivity contribution in [1.29, 1.82) is 0 Å². The molecule has 0 fully saturated rings. The van der Waals surface area contributed by atoms with Gasteiger partial charge in [0.1, 0.15) is 0 Å². The van der Waals surface area contributed by atoms with E-state index in [1.165, 1.54) is 12.1 Å². The van der Waals surface area contributed by atoms with Crippen LogP contribution in [0.4, 0.5) is 18.9 Å². The summed E-state index contributed by atoms with van der Waals surface area (Å²) in [7, 11) is 0. The zero-order chi connectivity index (χ0) is 14.0. The number of anilines is 1. The van der Waals surface area contributed by atoms with Crippen molar-refractivity contribution >= 4 is 11.6 Å². The van der Waals surface area contributed by atoms with Crippen LogP contribution in [0.5, 0.6) is 0 Å². The van der Waals surface area contributed by atoms with Crippen LogP contribution in [0.1, 0.15) is 32.8 Å². The number of carbonyl (C=O) groups is 1. The molecule has 0 spiro atoms. The van der Waals surface area contributed by atoms with Gasteiger partial charge in [0.05, 0.1) is 5.56 Å². The second-order valence-corrected chi connectivity index (χ2v) is 4.77. The molecule has 5 heteroatoms. The molecule has 0 aliphatic carbocycles. The Labute approximate surface area is 104 Å². The van der Waals surface area contributed by atoms with Crippen LogP contribution in [-0.2, 0) is 11.0 Å². The fourth-order valence-corrected chi connectivity index (χ4v) is 1.23. The Hall–Kier alpha value is -1.52. The number of carbonyl (C=O) groups excluding carboxylic acids is 1. The number of benzene rings is 1. The Morgan fingerprint density at radius 2 is 1.89 bits per heavy atom. The van der Waals surface area contributed by atoms with Crippen molar-refractivity contribution in [2.45, 2.75) is 33.4 Å². The number of hydrogen-bond donors (Lipinski definition) is 1. The molecule has 0 aliphatic rings. The van der Waals surface area contributed by atoms with Gasteiger partial charge in [-0.1, -0.05) is 26.8 Å². The van der Waals surface area contributed by atoms with E-state index in [1.54, 1.807) is 13.8 Å². The molecule has 0 aromatic heterocycles. The predicted octanol–water partition coefficient (Wildman–Crippen LogP) is 4.08. The van der Waals surface area contributed by atoms with Gasteiger partial charge in [0.15, 0.2) is 0 Å². The first-order chi connectivity index (χ1) is 8.16. The summed E-state index contributed by atoms with van der Waals surface area (Å²) in [6.45, 7) is 5.34. The molecule has 18 heavy (non-hydrogen) atoms. The molecule has 1 N–H and O–H groups in total. The number of nitrogens with one attached hydrogen (secondary N) is 1. The third-order valence-electron chi connectivity index (χ3n) is 2.95. The highest BCUT2D eigenvalue weighted by molar-refractivity contribution is 5.94. The number of hydrogen-bond acceptors (Lipinski definition) is 1. The van der Waals surface area contributed by atoms with Crippen molar-refractivity contribution in [3.05, 3.63) is 29.8 Å². The van der Waals surface area contributed by atoms with Crippen molar-refractivity contribution in [2.24, 2.45) is 5.41 Å². The fourth-order valence-electron chi connectivity index (χ4n) is 1.23. The van der Waals surface area contributed by atoms with Crippen molar-refractivity contribution in [1.82, 2.24) is 0 Å². The van der Waals surface area contributed by atoms with Crippen LogP contribution in [0.3, 0.4) is 0 Å². The Morgan fingerprint density at radius 1 is 1.28 bits per heavy atom. The number of amides is 1. The summed E-state index contributed by atoms with van der Waals surface area (Å²) in [5.74, 6) is -0.288. The smallest absolute Gasteiger partial charge is 0.326 e. The zero-order valence-corrected chi connectivity index (χ0v) is 10.6. The highest BCUT2D eigenvalue weighted by Crippen LogP contribution is 2.31. The van der Waals surface area contributed by atoms with Gasteiger partial charge in [-0.3, -0.25) is 4.79 Å². The topological polar surface area (TPSA) is 29.1 Å². The molecule has 0 unspecified atom stereocenters. The van der Waals surface area contributed by atoms with Gasteiger partial charge in [0.2, 0.25) is 5.91 Å². The molecule has 0 saturated carbocycles. The lowest BCUT2D eigenvalue weighted by Gasteiger charge is -2.21. The molecule has 2 nitrogen and oxygen atoms in total. The Bertz CT molecular complexity index is 438. The maximum Gasteiger partial charge on any atom is 0.416 e. The number of halogens is 3. The minimum absolute atomic E-state index is 0.163. The fraction of sp³-hybridized carbons (Fsp3) is 0.462. The van der Waals surface area contributed by atoms with Crippen molar-refractivity contribution in [3.8, 4) is 0 Å². The van der Waals surface area contributed by atoms with E-state index in [4.69, 9.17) is 0 Å². The lowest BCUT2D eigenvalue weighted by atomic mass is 9.89. The Balaban J connectivity index is 2.90. The van der Waals surface area contributed by atoms with Gasteiger partial charge in [0.25, 0.3) is 0 Å². The summed E-state index contributed by atoms with van der Waals surface area (Å²) in [6.07, 6.45) is -3.79. The summed E-state index contributed by atoms with van der Waals surface area (Å²) in [6, 6.07) is 4.63. The van der Waals surface area contributed by atoms with Gasteiger partial charge in [-0.05, 0) is 24.6 Å². The third-order valence-corrected chi connectivity index (χ3v) is 2.95. The SMILES string of the molecule is CCC(C)(C)C(=O)Nc1cccc(C(F)(F)F)c1. The molecule has 0 atom stereocenters. The van der Waals surface area contributed by atoms with Gasteiger partial charge in [-0.25, -0.2) is 0 Å². The maximum absolute atomic E-state index is 12.5. The zero-order valence-electron chi connectivity index (χ0n) is 10.6. The van der Waals surface area contributed by atoms with Gasteiger partial charge in [-0.15, -0.1) is 0 Å². The first kappa shape index (κ1) is 14.5. The summed E-state index contributed by atoms with van der Waals surface area (Å²) in [4.78, 5) is 11.8. The summed E-state index contributed by atoms with van der Waals surface area (Å²) in [5, 5.41) is 2.51. The number of rotatable bonds is 3. The van der Waals surface area contributed by atoms with Crippen LogP contribution in [-0.4, -0.2) is 5.91 Å². The highest BCUT2D eigenvalue weighted by Gasteiger charge is 2.31. The van der Waals surface area contributed by atoms with Crippen LogP contribution in [0.2, 0.25) is 0 Å². The van der Waals surface area contributed by atoms with Crippen molar-refractivity contribution < 1.29 is 18.0 Å². The summed E-state index contributed by atoms with van der Waals surface area (Å²) >= 11 is 0. The van der Waals surface area contributed by atoms with E-state index in [0.29, 0.717) is 6.42 Å².